The molecule has 1 aromatic rings. The van der Waals surface area contributed by atoms with Crippen LogP contribution in [0.1, 0.15) is 24.6 Å². The molecule has 1 heteroatoms. The first-order valence-corrected chi connectivity index (χ1v) is 4.39. The van der Waals surface area contributed by atoms with Gasteiger partial charge in [-0.1, -0.05) is 19.9 Å². The molecule has 0 atom stereocenters. The van der Waals surface area contributed by atoms with Crippen molar-refractivity contribution in [3.63, 3.8) is 0 Å². The molecule has 12 heavy (non-hydrogen) atoms. The van der Waals surface area contributed by atoms with E-state index in [0.717, 1.165) is 12.1 Å². The molecule has 0 aliphatic carbocycles. The molecule has 64 valence electrons. The lowest BCUT2D eigenvalue weighted by atomic mass is 10.1. The van der Waals surface area contributed by atoms with Crippen LogP contribution in [0.25, 0.3) is 6.08 Å². The monoisotopic (exact) mass is 162 g/mol. The molecule has 0 spiro atoms. The largest absolute Gasteiger partial charge is 0.204 e. The predicted octanol–water partition coefficient (Wildman–Crippen LogP) is 2.11. The van der Waals surface area contributed by atoms with Crippen LogP contribution in [0.5, 0.6) is 0 Å². The van der Waals surface area contributed by atoms with Crippen molar-refractivity contribution in [3.8, 4) is 0 Å². The third-order valence-corrected chi connectivity index (χ3v) is 1.98. The molecule has 0 fully saturated rings. The lowest BCUT2D eigenvalue weighted by Gasteiger charge is -1.97. The Bertz CT molecular complexity index is 276. The fraction of sp³-hybridized carbons (Fsp3) is 0.364. The van der Waals surface area contributed by atoms with Crippen LogP contribution < -0.4 is 4.57 Å². The highest BCUT2D eigenvalue weighted by Gasteiger charge is 2.02. The molecule has 0 aromatic carbocycles. The molecule has 0 radical (unpaired) electrons. The first-order valence-electron chi connectivity index (χ1n) is 4.39. The van der Waals surface area contributed by atoms with Crippen molar-refractivity contribution >= 4 is 6.08 Å². The van der Waals surface area contributed by atoms with Crippen molar-refractivity contribution in [1.82, 2.24) is 0 Å². The predicted molar refractivity (Wildman–Crippen MR) is 51.7 cm³/mol. The molecule has 0 aliphatic rings. The molecule has 0 unspecified atom stereocenters. The molecular formula is C11H16N+. The van der Waals surface area contributed by atoms with Crippen molar-refractivity contribution in [2.24, 2.45) is 7.05 Å². The summed E-state index contributed by atoms with van der Waals surface area (Å²) < 4.78 is 2.11. The number of hydrogen-bond acceptors (Lipinski definition) is 0. The maximum absolute atomic E-state index is 3.75. The minimum absolute atomic E-state index is 1.16. The van der Waals surface area contributed by atoms with E-state index in [0.29, 0.717) is 0 Å². The van der Waals surface area contributed by atoms with E-state index in [2.05, 4.69) is 43.4 Å². The minimum atomic E-state index is 1.16. The molecular weight excluding hydrogens is 146 g/mol. The van der Waals surface area contributed by atoms with Crippen LogP contribution in [0.2, 0.25) is 0 Å². The van der Waals surface area contributed by atoms with Crippen molar-refractivity contribution < 1.29 is 4.57 Å². The Labute approximate surface area is 74.4 Å². The number of pyridine rings is 1. The zero-order chi connectivity index (χ0) is 8.97. The van der Waals surface area contributed by atoms with E-state index < -0.39 is 0 Å². The summed E-state index contributed by atoms with van der Waals surface area (Å²) in [5.74, 6) is 0. The van der Waals surface area contributed by atoms with Crippen molar-refractivity contribution in [1.29, 1.82) is 0 Å². The third-order valence-electron chi connectivity index (χ3n) is 1.98. The number of nitrogens with zero attached hydrogens (tertiary/aromatic N) is 1. The topological polar surface area (TPSA) is 3.88 Å². The van der Waals surface area contributed by atoms with E-state index in [1.54, 1.807) is 0 Å². The summed E-state index contributed by atoms with van der Waals surface area (Å²) in [5.41, 5.74) is 2.56. The molecule has 0 saturated heterocycles. The number of hydrogen-bond donors (Lipinski definition) is 0. The second kappa shape index (κ2) is 4.05. The first kappa shape index (κ1) is 8.98. The summed E-state index contributed by atoms with van der Waals surface area (Å²) in [6.07, 6.45) is 6.40. The number of rotatable bonds is 3. The van der Waals surface area contributed by atoms with Crippen LogP contribution >= 0.6 is 0 Å². The standard InChI is InChI=1S/C11H16N/c1-4-6-10-7-8-11(5-2)12(3)9-10/h5,7-9H,2,4,6H2,1,3H3/q+1. The molecule has 1 heterocycles. The van der Waals surface area contributed by atoms with Gasteiger partial charge in [0.1, 0.15) is 7.05 Å². The van der Waals surface area contributed by atoms with Gasteiger partial charge in [0.2, 0.25) is 5.69 Å². The van der Waals surface area contributed by atoms with Crippen LogP contribution in [0.15, 0.2) is 24.9 Å². The zero-order valence-electron chi connectivity index (χ0n) is 7.88. The summed E-state index contributed by atoms with van der Waals surface area (Å²) in [7, 11) is 2.05. The highest BCUT2D eigenvalue weighted by Crippen LogP contribution is 2.01. The Morgan fingerprint density at radius 3 is 2.75 bits per heavy atom. The smallest absolute Gasteiger partial charge is 0.201 e. The Kier molecular flexibility index (Phi) is 3.03. The van der Waals surface area contributed by atoms with Gasteiger partial charge in [0.15, 0.2) is 6.20 Å². The van der Waals surface area contributed by atoms with Crippen LogP contribution in [-0.4, -0.2) is 0 Å². The van der Waals surface area contributed by atoms with Gasteiger partial charge in [-0.15, -0.1) is 0 Å². The normalized spacial score (nSPS) is 9.83. The quantitative estimate of drug-likeness (QED) is 0.599. The molecule has 1 rings (SSSR count). The molecule has 0 saturated carbocycles. The summed E-state index contributed by atoms with van der Waals surface area (Å²) in [6.45, 7) is 5.94. The molecule has 1 aromatic heterocycles. The summed E-state index contributed by atoms with van der Waals surface area (Å²) in [4.78, 5) is 0. The third kappa shape index (κ3) is 1.94. The van der Waals surface area contributed by atoms with E-state index in [1.165, 1.54) is 12.0 Å². The molecule has 0 bridgehead atoms. The van der Waals surface area contributed by atoms with Crippen molar-refractivity contribution in [2.45, 2.75) is 19.8 Å². The molecule has 0 amide bonds. The fourth-order valence-electron chi connectivity index (χ4n) is 1.32. The Balaban J connectivity index is 2.93. The lowest BCUT2D eigenvalue weighted by Crippen LogP contribution is -2.31. The van der Waals surface area contributed by atoms with Gasteiger partial charge in [-0.25, -0.2) is 4.57 Å². The number of aryl methyl sites for hydroxylation is 2. The van der Waals surface area contributed by atoms with Gasteiger partial charge in [0, 0.05) is 17.7 Å². The van der Waals surface area contributed by atoms with Crippen LogP contribution in [0, 0.1) is 0 Å². The Morgan fingerprint density at radius 1 is 1.50 bits per heavy atom. The van der Waals surface area contributed by atoms with Gasteiger partial charge in [-0.2, -0.15) is 0 Å². The van der Waals surface area contributed by atoms with E-state index in [4.69, 9.17) is 0 Å². The van der Waals surface area contributed by atoms with Gasteiger partial charge >= 0.3 is 0 Å². The van der Waals surface area contributed by atoms with E-state index in [-0.39, 0.29) is 0 Å². The average Bonchev–Trinajstić information content (AvgIpc) is 2.05. The summed E-state index contributed by atoms with van der Waals surface area (Å²) >= 11 is 0. The van der Waals surface area contributed by atoms with E-state index in [9.17, 15) is 0 Å². The van der Waals surface area contributed by atoms with Crippen LogP contribution in [0.3, 0.4) is 0 Å². The second-order valence-electron chi connectivity index (χ2n) is 3.03. The number of aromatic nitrogens is 1. The maximum atomic E-state index is 3.75. The SMILES string of the molecule is C=Cc1ccc(CCC)c[n+]1C. The lowest BCUT2D eigenvalue weighted by molar-refractivity contribution is -0.673. The molecule has 0 N–H and O–H groups in total. The fourth-order valence-corrected chi connectivity index (χ4v) is 1.32. The van der Waals surface area contributed by atoms with E-state index >= 15 is 0 Å². The van der Waals surface area contributed by atoms with Crippen LogP contribution in [-0.2, 0) is 13.5 Å². The second-order valence-corrected chi connectivity index (χ2v) is 3.03. The highest BCUT2D eigenvalue weighted by molar-refractivity contribution is 5.37. The zero-order valence-corrected chi connectivity index (χ0v) is 7.88. The van der Waals surface area contributed by atoms with Gasteiger partial charge in [-0.3, -0.25) is 0 Å². The van der Waals surface area contributed by atoms with Crippen molar-refractivity contribution in [3.05, 3.63) is 36.2 Å². The van der Waals surface area contributed by atoms with E-state index in [1.807, 2.05) is 6.08 Å². The average molecular weight is 162 g/mol. The summed E-state index contributed by atoms with van der Waals surface area (Å²) in [6, 6.07) is 4.28. The summed E-state index contributed by atoms with van der Waals surface area (Å²) in [5, 5.41) is 0. The van der Waals surface area contributed by atoms with Gasteiger partial charge in [0.05, 0.1) is 0 Å². The van der Waals surface area contributed by atoms with Gasteiger partial charge in [-0.05, 0) is 12.5 Å². The van der Waals surface area contributed by atoms with Gasteiger partial charge in [0.25, 0.3) is 0 Å². The van der Waals surface area contributed by atoms with Crippen molar-refractivity contribution in [2.75, 3.05) is 0 Å². The van der Waals surface area contributed by atoms with Gasteiger partial charge < -0.3 is 0 Å². The highest BCUT2D eigenvalue weighted by atomic mass is 14.9. The maximum Gasteiger partial charge on any atom is 0.204 e. The first-order chi connectivity index (χ1) is 5.77. The molecule has 0 aliphatic heterocycles. The Morgan fingerprint density at radius 2 is 2.25 bits per heavy atom. The van der Waals surface area contributed by atoms with Crippen LogP contribution in [0.4, 0.5) is 0 Å². The molecule has 1 nitrogen and oxygen atoms in total. The Hall–Kier alpha value is -1.11. The minimum Gasteiger partial charge on any atom is -0.201 e.